The second kappa shape index (κ2) is 7.06. The van der Waals surface area contributed by atoms with Gasteiger partial charge in [-0.2, -0.15) is 0 Å². The molecule has 1 rings (SSSR count). The standard InChI is InChI=1S/C12H16ClNO4/c1-3-5-6-18-12-7-9(13)11(17-4-2)8-10(12)14(15)16/h7-8H,3-6H2,1-2H3. The van der Waals surface area contributed by atoms with Gasteiger partial charge in [0, 0.05) is 6.07 Å². The SMILES string of the molecule is CCCCOc1cc(Cl)c(OCC)cc1[N+](=O)[O-]. The number of nitro benzene ring substituents is 1. The molecule has 100 valence electrons. The van der Waals surface area contributed by atoms with Crippen LogP contribution in [0.5, 0.6) is 11.5 Å². The van der Waals surface area contributed by atoms with Crippen LogP contribution in [0.15, 0.2) is 12.1 Å². The summed E-state index contributed by atoms with van der Waals surface area (Å²) in [6.45, 7) is 4.63. The fraction of sp³-hybridized carbons (Fsp3) is 0.500. The van der Waals surface area contributed by atoms with Crippen LogP contribution in [0.2, 0.25) is 5.02 Å². The van der Waals surface area contributed by atoms with E-state index in [9.17, 15) is 10.1 Å². The smallest absolute Gasteiger partial charge is 0.314 e. The third-order valence-corrected chi connectivity index (χ3v) is 2.56. The van der Waals surface area contributed by atoms with E-state index in [1.807, 2.05) is 6.92 Å². The molecule has 0 aliphatic rings. The molecule has 0 unspecified atom stereocenters. The Morgan fingerprint density at radius 1 is 1.28 bits per heavy atom. The Kier molecular flexibility index (Phi) is 5.71. The van der Waals surface area contributed by atoms with Gasteiger partial charge >= 0.3 is 5.69 Å². The van der Waals surface area contributed by atoms with E-state index in [4.69, 9.17) is 21.1 Å². The van der Waals surface area contributed by atoms with Crippen LogP contribution in [0, 0.1) is 10.1 Å². The number of hydrogen-bond donors (Lipinski definition) is 0. The lowest BCUT2D eigenvalue weighted by molar-refractivity contribution is -0.385. The minimum absolute atomic E-state index is 0.126. The average molecular weight is 274 g/mol. The number of halogens is 1. The molecule has 0 saturated heterocycles. The van der Waals surface area contributed by atoms with Gasteiger partial charge in [-0.1, -0.05) is 24.9 Å². The number of nitrogens with zero attached hydrogens (tertiary/aromatic N) is 1. The first-order valence-electron chi connectivity index (χ1n) is 5.83. The lowest BCUT2D eigenvalue weighted by Crippen LogP contribution is -2.01. The maximum atomic E-state index is 10.9. The molecular formula is C12H16ClNO4. The first kappa shape index (κ1) is 14.6. The maximum Gasteiger partial charge on any atom is 0.314 e. The Morgan fingerprint density at radius 3 is 2.56 bits per heavy atom. The zero-order valence-electron chi connectivity index (χ0n) is 10.4. The minimum atomic E-state index is -0.500. The van der Waals surface area contributed by atoms with Crippen LogP contribution in [0.3, 0.4) is 0 Å². The highest BCUT2D eigenvalue weighted by Gasteiger charge is 2.19. The van der Waals surface area contributed by atoms with Crippen LogP contribution in [0.25, 0.3) is 0 Å². The van der Waals surface area contributed by atoms with Gasteiger partial charge in [0.1, 0.15) is 5.75 Å². The number of rotatable bonds is 7. The van der Waals surface area contributed by atoms with E-state index in [0.29, 0.717) is 24.0 Å². The van der Waals surface area contributed by atoms with Crippen molar-refractivity contribution >= 4 is 17.3 Å². The summed E-state index contributed by atoms with van der Waals surface area (Å²) in [5.41, 5.74) is -0.126. The van der Waals surface area contributed by atoms with Crippen molar-refractivity contribution in [1.82, 2.24) is 0 Å². The van der Waals surface area contributed by atoms with E-state index < -0.39 is 4.92 Å². The zero-order valence-corrected chi connectivity index (χ0v) is 11.2. The van der Waals surface area contributed by atoms with Crippen LogP contribution >= 0.6 is 11.6 Å². The van der Waals surface area contributed by atoms with Crippen molar-refractivity contribution in [2.75, 3.05) is 13.2 Å². The van der Waals surface area contributed by atoms with Gasteiger partial charge < -0.3 is 9.47 Å². The predicted octanol–water partition coefficient (Wildman–Crippen LogP) is 3.83. The van der Waals surface area contributed by atoms with Crippen molar-refractivity contribution in [2.24, 2.45) is 0 Å². The molecule has 0 aliphatic heterocycles. The van der Waals surface area contributed by atoms with E-state index in [-0.39, 0.29) is 11.4 Å². The molecule has 0 fully saturated rings. The average Bonchev–Trinajstić information content (AvgIpc) is 2.32. The van der Waals surface area contributed by atoms with Crippen molar-refractivity contribution < 1.29 is 14.4 Å². The normalized spacial score (nSPS) is 10.2. The molecule has 0 radical (unpaired) electrons. The second-order valence-electron chi connectivity index (χ2n) is 3.64. The second-order valence-corrected chi connectivity index (χ2v) is 4.05. The maximum absolute atomic E-state index is 10.9. The quantitative estimate of drug-likeness (QED) is 0.430. The zero-order chi connectivity index (χ0) is 13.5. The van der Waals surface area contributed by atoms with Gasteiger partial charge in [0.15, 0.2) is 5.75 Å². The topological polar surface area (TPSA) is 61.6 Å². The van der Waals surface area contributed by atoms with Crippen LogP contribution < -0.4 is 9.47 Å². The highest BCUT2D eigenvalue weighted by Crippen LogP contribution is 2.37. The van der Waals surface area contributed by atoms with Gasteiger partial charge in [-0.3, -0.25) is 10.1 Å². The molecule has 0 heterocycles. The highest BCUT2D eigenvalue weighted by molar-refractivity contribution is 6.32. The molecule has 5 nitrogen and oxygen atoms in total. The Bertz CT molecular complexity index is 423. The first-order chi connectivity index (χ1) is 8.60. The number of benzene rings is 1. The summed E-state index contributed by atoms with van der Waals surface area (Å²) in [5.74, 6) is 0.482. The third kappa shape index (κ3) is 3.77. The Balaban J connectivity index is 3.00. The number of nitro groups is 1. The molecule has 0 aromatic heterocycles. The van der Waals surface area contributed by atoms with Crippen molar-refractivity contribution in [3.8, 4) is 11.5 Å². The lowest BCUT2D eigenvalue weighted by Gasteiger charge is -2.10. The Labute approximate surface area is 111 Å². The van der Waals surface area contributed by atoms with E-state index in [1.54, 1.807) is 6.92 Å². The van der Waals surface area contributed by atoms with Crippen molar-refractivity contribution in [3.05, 3.63) is 27.3 Å². The van der Waals surface area contributed by atoms with Gasteiger partial charge in [-0.05, 0) is 13.3 Å². The molecule has 0 bridgehead atoms. The van der Waals surface area contributed by atoms with Gasteiger partial charge in [-0.25, -0.2) is 0 Å². The molecule has 0 amide bonds. The molecular weight excluding hydrogens is 258 g/mol. The van der Waals surface area contributed by atoms with Crippen molar-refractivity contribution in [2.45, 2.75) is 26.7 Å². The molecule has 0 aliphatic carbocycles. The van der Waals surface area contributed by atoms with Crippen LogP contribution in [-0.2, 0) is 0 Å². The fourth-order valence-electron chi connectivity index (χ4n) is 1.38. The third-order valence-electron chi connectivity index (χ3n) is 2.27. The summed E-state index contributed by atoms with van der Waals surface area (Å²) in [6, 6.07) is 2.73. The molecule has 1 aromatic carbocycles. The fourth-order valence-corrected chi connectivity index (χ4v) is 1.58. The van der Waals surface area contributed by atoms with E-state index in [1.165, 1.54) is 12.1 Å². The van der Waals surface area contributed by atoms with Gasteiger partial charge in [0.2, 0.25) is 0 Å². The molecule has 0 spiro atoms. The van der Waals surface area contributed by atoms with Gasteiger partial charge in [-0.15, -0.1) is 0 Å². The summed E-state index contributed by atoms with van der Waals surface area (Å²) >= 11 is 5.97. The summed E-state index contributed by atoms with van der Waals surface area (Å²) in [5, 5.41) is 11.3. The van der Waals surface area contributed by atoms with Crippen LogP contribution in [0.1, 0.15) is 26.7 Å². The van der Waals surface area contributed by atoms with Crippen molar-refractivity contribution in [3.63, 3.8) is 0 Å². The molecule has 0 N–H and O–H groups in total. The molecule has 0 saturated carbocycles. The van der Waals surface area contributed by atoms with E-state index in [0.717, 1.165) is 12.8 Å². The summed E-state index contributed by atoms with van der Waals surface area (Å²) in [7, 11) is 0. The summed E-state index contributed by atoms with van der Waals surface area (Å²) in [4.78, 5) is 10.4. The largest absolute Gasteiger partial charge is 0.492 e. The number of hydrogen-bond acceptors (Lipinski definition) is 4. The van der Waals surface area contributed by atoms with E-state index >= 15 is 0 Å². The number of unbranched alkanes of at least 4 members (excludes halogenated alkanes) is 1. The predicted molar refractivity (Wildman–Crippen MR) is 69.7 cm³/mol. The Hall–Kier alpha value is -1.49. The van der Waals surface area contributed by atoms with Gasteiger partial charge in [0.25, 0.3) is 0 Å². The molecule has 18 heavy (non-hydrogen) atoms. The van der Waals surface area contributed by atoms with Crippen LogP contribution in [-0.4, -0.2) is 18.1 Å². The lowest BCUT2D eigenvalue weighted by atomic mass is 10.2. The minimum Gasteiger partial charge on any atom is -0.492 e. The van der Waals surface area contributed by atoms with Gasteiger partial charge in [0.05, 0.1) is 29.2 Å². The first-order valence-corrected chi connectivity index (χ1v) is 6.21. The molecule has 6 heteroatoms. The monoisotopic (exact) mass is 273 g/mol. The Morgan fingerprint density at radius 2 is 2.00 bits per heavy atom. The number of ether oxygens (including phenoxy) is 2. The summed E-state index contributed by atoms with van der Waals surface area (Å²) < 4.78 is 10.6. The highest BCUT2D eigenvalue weighted by atomic mass is 35.5. The van der Waals surface area contributed by atoms with E-state index in [2.05, 4.69) is 0 Å². The molecule has 1 aromatic rings. The molecule has 0 atom stereocenters. The summed E-state index contributed by atoms with van der Waals surface area (Å²) in [6.07, 6.45) is 1.79. The van der Waals surface area contributed by atoms with Crippen LogP contribution in [0.4, 0.5) is 5.69 Å². The van der Waals surface area contributed by atoms with Crippen molar-refractivity contribution in [1.29, 1.82) is 0 Å².